The molecule has 1 aliphatic carbocycles. The molecule has 2 nitrogen and oxygen atoms in total. The zero-order valence-corrected chi connectivity index (χ0v) is 13.3. The van der Waals surface area contributed by atoms with Crippen LogP contribution < -0.4 is 10.1 Å². The number of ether oxygens (including phenoxy) is 1. The first kappa shape index (κ1) is 14.6. The smallest absolute Gasteiger partial charge is 0.122 e. The van der Waals surface area contributed by atoms with Gasteiger partial charge in [0.2, 0.25) is 0 Å². The van der Waals surface area contributed by atoms with Crippen molar-refractivity contribution in [2.24, 2.45) is 5.41 Å². The number of benzene rings is 1. The second kappa shape index (κ2) is 6.10. The Bertz CT molecular complexity index is 456. The quantitative estimate of drug-likeness (QED) is 0.767. The summed E-state index contributed by atoms with van der Waals surface area (Å²) in [6.45, 7) is 7.23. The van der Waals surface area contributed by atoms with Crippen molar-refractivity contribution in [3.05, 3.63) is 40.9 Å². The van der Waals surface area contributed by atoms with Gasteiger partial charge < -0.3 is 10.1 Å². The molecule has 0 spiro atoms. The maximum atomic E-state index is 5.45. The van der Waals surface area contributed by atoms with Gasteiger partial charge in [-0.25, -0.2) is 0 Å². The van der Waals surface area contributed by atoms with Crippen molar-refractivity contribution in [1.82, 2.24) is 5.32 Å². The highest BCUT2D eigenvalue weighted by atomic mass is 79.9. The lowest BCUT2D eigenvalue weighted by atomic mass is 9.83. The van der Waals surface area contributed by atoms with E-state index in [-0.39, 0.29) is 5.41 Å². The number of rotatable bonds is 7. The predicted molar refractivity (Wildman–Crippen MR) is 83.7 cm³/mol. The molecule has 0 saturated heterocycles. The highest BCUT2D eigenvalue weighted by Gasteiger charge is 2.27. The van der Waals surface area contributed by atoms with Crippen molar-refractivity contribution in [3.63, 3.8) is 0 Å². The maximum absolute atomic E-state index is 5.45. The summed E-state index contributed by atoms with van der Waals surface area (Å²) in [5.74, 6) is 0.947. The maximum Gasteiger partial charge on any atom is 0.122 e. The van der Waals surface area contributed by atoms with E-state index in [2.05, 4.69) is 46.9 Å². The van der Waals surface area contributed by atoms with Gasteiger partial charge in [-0.1, -0.05) is 28.9 Å². The molecule has 1 N–H and O–H groups in total. The fourth-order valence-electron chi connectivity index (χ4n) is 2.19. The highest BCUT2D eigenvalue weighted by Crippen LogP contribution is 2.31. The summed E-state index contributed by atoms with van der Waals surface area (Å²) in [5.41, 5.74) is 1.27. The number of methoxy groups -OCH3 is 1. The molecule has 0 radical (unpaired) electrons. The Labute approximate surface area is 124 Å². The third-order valence-electron chi connectivity index (χ3n) is 3.70. The third-order valence-corrected chi connectivity index (χ3v) is 4.19. The lowest BCUT2D eigenvalue weighted by molar-refractivity contribution is 0.369. The lowest BCUT2D eigenvalue weighted by Gasteiger charge is -2.27. The molecular formula is C16H22BrNO. The van der Waals surface area contributed by atoms with E-state index < -0.39 is 0 Å². The van der Waals surface area contributed by atoms with Gasteiger partial charge in [-0.3, -0.25) is 0 Å². The molecule has 0 aromatic heterocycles. The summed E-state index contributed by atoms with van der Waals surface area (Å²) in [4.78, 5) is 0. The summed E-state index contributed by atoms with van der Waals surface area (Å²) in [5, 5.41) is 3.60. The van der Waals surface area contributed by atoms with Gasteiger partial charge in [0.25, 0.3) is 0 Å². The molecule has 1 aromatic carbocycles. The van der Waals surface area contributed by atoms with Crippen LogP contribution in [-0.4, -0.2) is 19.7 Å². The number of hydrogen-bond acceptors (Lipinski definition) is 2. The van der Waals surface area contributed by atoms with Crippen LogP contribution in [0.25, 0.3) is 0 Å². The fraction of sp³-hybridized carbons (Fsp3) is 0.500. The van der Waals surface area contributed by atoms with Gasteiger partial charge in [-0.2, -0.15) is 0 Å². The van der Waals surface area contributed by atoms with E-state index in [9.17, 15) is 0 Å². The summed E-state index contributed by atoms with van der Waals surface area (Å²) in [7, 11) is 1.72. The second-order valence-electron chi connectivity index (χ2n) is 5.65. The summed E-state index contributed by atoms with van der Waals surface area (Å²) in [6.07, 6.45) is 5.61. The van der Waals surface area contributed by atoms with Gasteiger partial charge in [-0.05, 0) is 43.0 Å². The van der Waals surface area contributed by atoms with Crippen LogP contribution >= 0.6 is 15.9 Å². The van der Waals surface area contributed by atoms with Crippen molar-refractivity contribution >= 4 is 15.9 Å². The van der Waals surface area contributed by atoms with Crippen LogP contribution in [0.3, 0.4) is 0 Å². The SMILES string of the molecule is C=CC(C)(CNC1CC1)Cc1cc(Br)ccc1OC. The van der Waals surface area contributed by atoms with Crippen molar-refractivity contribution in [2.45, 2.75) is 32.2 Å². The molecule has 0 aliphatic heterocycles. The van der Waals surface area contributed by atoms with E-state index in [0.717, 1.165) is 29.2 Å². The molecule has 1 aliphatic rings. The highest BCUT2D eigenvalue weighted by molar-refractivity contribution is 9.10. The molecule has 0 bridgehead atoms. The Morgan fingerprint density at radius 3 is 2.84 bits per heavy atom. The normalized spacial score (nSPS) is 17.8. The van der Waals surface area contributed by atoms with Crippen LogP contribution in [0.15, 0.2) is 35.3 Å². The molecule has 104 valence electrons. The monoisotopic (exact) mass is 323 g/mol. The minimum absolute atomic E-state index is 0.0522. The molecule has 0 heterocycles. The second-order valence-corrected chi connectivity index (χ2v) is 6.56. The lowest BCUT2D eigenvalue weighted by Crippen LogP contribution is -2.33. The first-order chi connectivity index (χ1) is 9.06. The van der Waals surface area contributed by atoms with Crippen LogP contribution in [0, 0.1) is 5.41 Å². The molecule has 1 unspecified atom stereocenters. The van der Waals surface area contributed by atoms with Gasteiger partial charge in [0, 0.05) is 22.5 Å². The van der Waals surface area contributed by atoms with Gasteiger partial charge in [0.15, 0.2) is 0 Å². The molecule has 1 saturated carbocycles. The van der Waals surface area contributed by atoms with Gasteiger partial charge in [0.05, 0.1) is 7.11 Å². The summed E-state index contributed by atoms with van der Waals surface area (Å²) in [6, 6.07) is 6.88. The van der Waals surface area contributed by atoms with E-state index in [0.29, 0.717) is 0 Å². The average molecular weight is 324 g/mol. The van der Waals surface area contributed by atoms with Gasteiger partial charge >= 0.3 is 0 Å². The Balaban J connectivity index is 2.11. The van der Waals surface area contributed by atoms with E-state index >= 15 is 0 Å². The van der Waals surface area contributed by atoms with Crippen LogP contribution in [0.2, 0.25) is 0 Å². The largest absolute Gasteiger partial charge is 0.496 e. The zero-order chi connectivity index (χ0) is 13.9. The molecule has 19 heavy (non-hydrogen) atoms. The molecular weight excluding hydrogens is 302 g/mol. The third kappa shape index (κ3) is 4.08. The van der Waals surface area contributed by atoms with Crippen molar-refractivity contribution < 1.29 is 4.74 Å². The Kier molecular flexibility index (Phi) is 4.69. The first-order valence-corrected chi connectivity index (χ1v) is 7.55. The average Bonchev–Trinajstić information content (AvgIpc) is 3.21. The van der Waals surface area contributed by atoms with Gasteiger partial charge in [0.1, 0.15) is 5.75 Å². The molecule has 3 heteroatoms. The van der Waals surface area contributed by atoms with E-state index in [1.165, 1.54) is 18.4 Å². The fourth-order valence-corrected chi connectivity index (χ4v) is 2.60. The van der Waals surface area contributed by atoms with E-state index in [1.807, 2.05) is 12.1 Å². The van der Waals surface area contributed by atoms with Gasteiger partial charge in [-0.15, -0.1) is 6.58 Å². The molecule has 0 amide bonds. The van der Waals surface area contributed by atoms with E-state index in [4.69, 9.17) is 4.74 Å². The van der Waals surface area contributed by atoms with Crippen molar-refractivity contribution in [3.8, 4) is 5.75 Å². The van der Waals surface area contributed by atoms with Crippen LogP contribution in [0.1, 0.15) is 25.3 Å². The molecule has 1 fully saturated rings. The number of hydrogen-bond donors (Lipinski definition) is 1. The van der Waals surface area contributed by atoms with Crippen molar-refractivity contribution in [2.75, 3.05) is 13.7 Å². The first-order valence-electron chi connectivity index (χ1n) is 6.76. The Morgan fingerprint density at radius 2 is 2.26 bits per heavy atom. The minimum Gasteiger partial charge on any atom is -0.496 e. The van der Waals surface area contributed by atoms with Crippen LogP contribution in [0.5, 0.6) is 5.75 Å². The van der Waals surface area contributed by atoms with Crippen molar-refractivity contribution in [1.29, 1.82) is 0 Å². The van der Waals surface area contributed by atoms with Crippen LogP contribution in [0.4, 0.5) is 0 Å². The topological polar surface area (TPSA) is 21.3 Å². The number of halogens is 1. The van der Waals surface area contributed by atoms with E-state index in [1.54, 1.807) is 7.11 Å². The standard InChI is InChI=1S/C16H22BrNO/c1-4-16(2,11-18-14-6-7-14)10-12-9-13(17)5-8-15(12)19-3/h4-5,8-9,14,18H,1,6-7,10-11H2,2-3H3. The summed E-state index contributed by atoms with van der Waals surface area (Å²) < 4.78 is 6.54. The zero-order valence-electron chi connectivity index (χ0n) is 11.7. The Morgan fingerprint density at radius 1 is 1.53 bits per heavy atom. The number of nitrogens with one attached hydrogen (secondary N) is 1. The van der Waals surface area contributed by atoms with Crippen LogP contribution in [-0.2, 0) is 6.42 Å². The molecule has 2 rings (SSSR count). The molecule has 1 atom stereocenters. The minimum atomic E-state index is 0.0522. The molecule has 1 aromatic rings. The predicted octanol–water partition coefficient (Wildman–Crippen LogP) is 3.94. The Hall–Kier alpha value is -0.800. The summed E-state index contributed by atoms with van der Waals surface area (Å²) >= 11 is 3.53.